The average Bonchev–Trinajstić information content (AvgIpc) is 3.33. The van der Waals surface area contributed by atoms with E-state index in [1.807, 2.05) is 40.1 Å². The molecule has 2 aliphatic heterocycles. The summed E-state index contributed by atoms with van der Waals surface area (Å²) < 4.78 is 8.68. The molecule has 1 fully saturated rings. The maximum atomic E-state index is 13.0. The van der Waals surface area contributed by atoms with E-state index in [9.17, 15) is 9.90 Å². The molecule has 1 atom stereocenters. The molecule has 0 amide bonds. The van der Waals surface area contributed by atoms with E-state index in [1.54, 1.807) is 0 Å². The summed E-state index contributed by atoms with van der Waals surface area (Å²) in [5.74, 6) is -0.366. The molecule has 4 aromatic rings. The summed E-state index contributed by atoms with van der Waals surface area (Å²) in [4.78, 5) is 27.4. The van der Waals surface area contributed by atoms with Crippen LogP contribution in [0.2, 0.25) is 0 Å². The molecule has 1 unspecified atom stereocenters. The molecule has 2 aromatic heterocycles. The quantitative estimate of drug-likeness (QED) is 0.232. The summed E-state index contributed by atoms with van der Waals surface area (Å²) in [6.45, 7) is 16.8. The van der Waals surface area contributed by atoms with Gasteiger partial charge < -0.3 is 24.2 Å². The van der Waals surface area contributed by atoms with Crippen LogP contribution in [0.25, 0.3) is 22.0 Å². The number of hydrogen-bond donors (Lipinski definition) is 1. The minimum atomic E-state index is -1.16. The molecule has 6 rings (SSSR count). The van der Waals surface area contributed by atoms with Crippen molar-refractivity contribution in [3.8, 4) is 11.1 Å². The lowest BCUT2D eigenvalue weighted by Gasteiger charge is -2.35. The number of likely N-dealkylation sites (tertiary alicyclic amines) is 1. The molecule has 0 aliphatic carbocycles. The van der Waals surface area contributed by atoms with Crippen LogP contribution in [0.4, 0.5) is 11.6 Å². The molecular formula is C36H45N5O3. The van der Waals surface area contributed by atoms with Crippen LogP contribution in [0.1, 0.15) is 74.1 Å². The second kappa shape index (κ2) is 12.0. The lowest BCUT2D eigenvalue weighted by atomic mass is 9.87. The summed E-state index contributed by atoms with van der Waals surface area (Å²) in [6, 6.07) is 10.5. The fraction of sp³-hybridized carbons (Fsp3) is 0.472. The van der Waals surface area contributed by atoms with Crippen LogP contribution < -0.4 is 4.90 Å². The number of hydrogen-bond acceptors (Lipinski definition) is 6. The molecule has 2 aliphatic rings. The molecule has 4 heterocycles. The Bertz CT molecular complexity index is 1660. The van der Waals surface area contributed by atoms with Gasteiger partial charge in [-0.1, -0.05) is 36.2 Å². The molecule has 0 radical (unpaired) electrons. The maximum absolute atomic E-state index is 13.0. The molecular weight excluding hydrogens is 550 g/mol. The van der Waals surface area contributed by atoms with Gasteiger partial charge in [-0.25, -0.2) is 14.8 Å². The topological polar surface area (TPSA) is 83.7 Å². The van der Waals surface area contributed by atoms with Gasteiger partial charge in [-0.2, -0.15) is 0 Å². The predicted molar refractivity (Wildman–Crippen MR) is 176 cm³/mol. The normalized spacial score (nSPS) is 16.5. The van der Waals surface area contributed by atoms with Crippen LogP contribution in [-0.2, 0) is 22.5 Å². The second-order valence-corrected chi connectivity index (χ2v) is 13.5. The zero-order chi connectivity index (χ0) is 31.2. The number of aryl methyl sites for hydroxylation is 2. The lowest BCUT2D eigenvalue weighted by molar-refractivity contribution is -0.160. The van der Waals surface area contributed by atoms with Crippen LogP contribution in [0.3, 0.4) is 0 Å². The van der Waals surface area contributed by atoms with Gasteiger partial charge in [0.15, 0.2) is 6.10 Å². The van der Waals surface area contributed by atoms with Crippen molar-refractivity contribution in [3.63, 3.8) is 0 Å². The van der Waals surface area contributed by atoms with Crippen molar-refractivity contribution >= 4 is 28.5 Å². The van der Waals surface area contributed by atoms with Crippen molar-refractivity contribution < 1.29 is 14.6 Å². The summed E-state index contributed by atoms with van der Waals surface area (Å²) in [5, 5.41) is 11.6. The number of benzene rings is 2. The van der Waals surface area contributed by atoms with Crippen LogP contribution in [0.15, 0.2) is 42.7 Å². The molecule has 44 heavy (non-hydrogen) atoms. The van der Waals surface area contributed by atoms with Gasteiger partial charge in [-0.05, 0) is 102 Å². The number of ether oxygens (including phenoxy) is 1. The first-order chi connectivity index (χ1) is 21.0. The van der Waals surface area contributed by atoms with Crippen molar-refractivity contribution in [1.82, 2.24) is 19.4 Å². The van der Waals surface area contributed by atoms with Crippen molar-refractivity contribution in [3.05, 3.63) is 70.7 Å². The minimum Gasteiger partial charge on any atom is -0.479 e. The highest BCUT2D eigenvalue weighted by Gasteiger charge is 2.36. The van der Waals surface area contributed by atoms with Gasteiger partial charge in [0.25, 0.3) is 0 Å². The Hall–Kier alpha value is -3.75. The highest BCUT2D eigenvalue weighted by molar-refractivity contribution is 6.08. The van der Waals surface area contributed by atoms with Crippen molar-refractivity contribution in [2.24, 2.45) is 0 Å². The van der Waals surface area contributed by atoms with Gasteiger partial charge in [0.2, 0.25) is 5.95 Å². The summed E-state index contributed by atoms with van der Waals surface area (Å²) in [5.41, 5.74) is 8.25. The number of carbonyl (C=O) groups is 1. The SMILES string of the molecule is Cc1ccc(-c2c(C(OC(C)(C)C)C(=O)O)c(C)c3c4c2cc(C)n4CCN3c2ncc(CCN3CCCCC3)cn2)cc1. The number of rotatable bonds is 8. The molecule has 0 saturated carbocycles. The molecule has 1 saturated heterocycles. The molecule has 8 nitrogen and oxygen atoms in total. The maximum Gasteiger partial charge on any atom is 0.337 e. The standard InChI is InChI=1S/C36H45N5O3/c1-23-10-12-27(13-11-23)30-28-20-24(2)40-18-19-41(35-37-21-26(22-38-35)14-17-39-15-8-7-9-16-39)31(32(28)40)25(3)29(30)33(34(42)43)44-36(4,5)6/h10-13,20-22,33H,7-9,14-19H2,1-6H3,(H,42,43). The van der Waals surface area contributed by atoms with E-state index in [2.05, 4.69) is 58.5 Å². The van der Waals surface area contributed by atoms with Crippen molar-refractivity contribution in [1.29, 1.82) is 0 Å². The minimum absolute atomic E-state index is 0.638. The van der Waals surface area contributed by atoms with Gasteiger partial charge in [-0.3, -0.25) is 0 Å². The number of nitrogens with zero attached hydrogens (tertiary/aromatic N) is 5. The zero-order valence-electron chi connectivity index (χ0n) is 27.0. The van der Waals surface area contributed by atoms with Crippen LogP contribution in [0, 0.1) is 20.8 Å². The number of aliphatic carboxylic acids is 1. The third-order valence-corrected chi connectivity index (χ3v) is 9.04. The first kappa shape index (κ1) is 30.3. The van der Waals surface area contributed by atoms with E-state index < -0.39 is 17.7 Å². The number of carboxylic acid groups (broad SMARTS) is 1. The van der Waals surface area contributed by atoms with Crippen LogP contribution in [-0.4, -0.2) is 62.3 Å². The molecule has 8 heteroatoms. The van der Waals surface area contributed by atoms with E-state index in [4.69, 9.17) is 14.7 Å². The van der Waals surface area contributed by atoms with Gasteiger partial charge >= 0.3 is 5.97 Å². The highest BCUT2D eigenvalue weighted by Crippen LogP contribution is 2.49. The third kappa shape index (κ3) is 5.85. The Morgan fingerprint density at radius 1 is 0.977 bits per heavy atom. The van der Waals surface area contributed by atoms with Crippen molar-refractivity contribution in [2.45, 2.75) is 85.5 Å². The molecule has 2 aromatic carbocycles. The Kier molecular flexibility index (Phi) is 8.24. The summed E-state index contributed by atoms with van der Waals surface area (Å²) in [6.07, 6.45) is 7.61. The predicted octanol–water partition coefficient (Wildman–Crippen LogP) is 7.14. The van der Waals surface area contributed by atoms with Gasteiger partial charge in [0, 0.05) is 48.7 Å². The van der Waals surface area contributed by atoms with Crippen LogP contribution in [0.5, 0.6) is 0 Å². The fourth-order valence-electron chi connectivity index (χ4n) is 6.92. The lowest BCUT2D eigenvalue weighted by Crippen LogP contribution is -2.32. The Balaban J connectivity index is 1.49. The largest absolute Gasteiger partial charge is 0.479 e. The van der Waals surface area contributed by atoms with Gasteiger partial charge in [0.05, 0.1) is 16.8 Å². The van der Waals surface area contributed by atoms with Crippen molar-refractivity contribution in [2.75, 3.05) is 31.1 Å². The number of piperidine rings is 1. The number of aromatic nitrogens is 3. The van der Waals surface area contributed by atoms with Crippen LogP contribution >= 0.6 is 0 Å². The molecule has 232 valence electrons. The summed E-state index contributed by atoms with van der Waals surface area (Å²) in [7, 11) is 0. The van der Waals surface area contributed by atoms with Gasteiger partial charge in [0.1, 0.15) is 0 Å². The first-order valence-corrected chi connectivity index (χ1v) is 16.0. The smallest absolute Gasteiger partial charge is 0.337 e. The molecule has 0 spiro atoms. The van der Waals surface area contributed by atoms with E-state index >= 15 is 0 Å². The van der Waals surface area contributed by atoms with E-state index in [-0.39, 0.29) is 0 Å². The zero-order valence-corrected chi connectivity index (χ0v) is 27.0. The molecule has 1 N–H and O–H groups in total. The second-order valence-electron chi connectivity index (χ2n) is 13.5. The number of anilines is 2. The average molecular weight is 596 g/mol. The fourth-order valence-corrected chi connectivity index (χ4v) is 6.92. The van der Waals surface area contributed by atoms with E-state index in [0.717, 1.165) is 69.6 Å². The van der Waals surface area contributed by atoms with Gasteiger partial charge in [-0.15, -0.1) is 0 Å². The molecule has 0 bridgehead atoms. The highest BCUT2D eigenvalue weighted by atomic mass is 16.5. The monoisotopic (exact) mass is 595 g/mol. The Labute approximate surface area is 260 Å². The Morgan fingerprint density at radius 2 is 1.66 bits per heavy atom. The Morgan fingerprint density at radius 3 is 2.30 bits per heavy atom. The van der Waals surface area contributed by atoms with E-state index in [0.29, 0.717) is 18.1 Å². The van der Waals surface area contributed by atoms with E-state index in [1.165, 1.54) is 32.4 Å². The third-order valence-electron chi connectivity index (χ3n) is 9.04. The summed E-state index contributed by atoms with van der Waals surface area (Å²) >= 11 is 0. The first-order valence-electron chi connectivity index (χ1n) is 16.0. The number of carboxylic acids is 1.